The molecule has 2 heterocycles. The van der Waals surface area contributed by atoms with Crippen molar-refractivity contribution in [3.05, 3.63) is 58.1 Å². The number of piperazine rings is 1. The fraction of sp³-hybridized carbons (Fsp3) is 0.364. The number of carbonyl (C=O) groups excluding carboxylic acids is 1. The highest BCUT2D eigenvalue weighted by atomic mass is 35.5. The smallest absolute Gasteiger partial charge is 0.270 e. The minimum atomic E-state index is -0.500. The number of amides is 1. The molecule has 1 aliphatic heterocycles. The van der Waals surface area contributed by atoms with Gasteiger partial charge in [0.05, 0.1) is 21.7 Å². The number of anilines is 1. The molecule has 0 spiro atoms. The van der Waals surface area contributed by atoms with Crippen LogP contribution in [0.5, 0.6) is 5.75 Å². The number of benzene rings is 2. The third kappa shape index (κ3) is 6.10. The first-order chi connectivity index (χ1) is 15.5. The summed E-state index contributed by atoms with van der Waals surface area (Å²) in [5.74, 6) is 0.570. The molecule has 1 aliphatic rings. The number of nitrogens with one attached hydrogen (secondary N) is 1. The highest BCUT2D eigenvalue weighted by molar-refractivity contribution is 7.22. The number of hydrogen-bond acceptors (Lipinski definition) is 8. The van der Waals surface area contributed by atoms with Crippen molar-refractivity contribution in [1.82, 2.24) is 15.2 Å². The first-order valence-corrected chi connectivity index (χ1v) is 11.4. The van der Waals surface area contributed by atoms with Crippen LogP contribution in [-0.2, 0) is 0 Å². The maximum absolute atomic E-state index is 12.3. The van der Waals surface area contributed by atoms with Gasteiger partial charge in [-0.15, -0.1) is 12.4 Å². The van der Waals surface area contributed by atoms with Crippen LogP contribution in [0.3, 0.4) is 0 Å². The highest BCUT2D eigenvalue weighted by Gasteiger charge is 2.20. The van der Waals surface area contributed by atoms with E-state index in [1.54, 1.807) is 17.4 Å². The number of fused-ring (bicyclic) bond motifs is 1. The Bertz CT molecular complexity index is 1120. The van der Waals surface area contributed by atoms with Crippen molar-refractivity contribution in [2.75, 3.05) is 50.8 Å². The van der Waals surface area contributed by atoms with Crippen LogP contribution in [0.2, 0.25) is 0 Å². The van der Waals surface area contributed by atoms with Crippen molar-refractivity contribution in [3.63, 3.8) is 0 Å². The molecule has 0 radical (unpaired) electrons. The van der Waals surface area contributed by atoms with Gasteiger partial charge in [-0.1, -0.05) is 17.4 Å². The number of ether oxygens (including phenoxy) is 1. The number of aromatic nitrogens is 1. The average Bonchev–Trinajstić information content (AvgIpc) is 3.23. The molecule has 0 saturated carbocycles. The molecule has 0 bridgehead atoms. The lowest BCUT2D eigenvalue weighted by molar-refractivity contribution is -0.384. The standard InChI is InChI=1S/C22H25N5O4S.ClH/c1-2-31-18-6-7-19-20(15-18)32-22(24-19)26-12-10-25(11-13-26)9-8-23-21(28)16-4-3-5-17(14-16)27(29)30;/h3-7,14-15H,2,8-13H2,1H3,(H,23,28);1H. The highest BCUT2D eigenvalue weighted by Crippen LogP contribution is 2.31. The molecule has 1 amide bonds. The van der Waals surface area contributed by atoms with Crippen LogP contribution in [0.4, 0.5) is 10.8 Å². The second-order valence-electron chi connectivity index (χ2n) is 7.45. The Kier molecular flexibility index (Phi) is 8.43. The Morgan fingerprint density at radius 1 is 1.21 bits per heavy atom. The molecular formula is C22H26ClN5O4S. The number of nitro benzene ring substituents is 1. The zero-order valence-corrected chi connectivity index (χ0v) is 19.9. The molecule has 9 nitrogen and oxygen atoms in total. The number of hydrogen-bond donors (Lipinski definition) is 1. The molecule has 3 aromatic rings. The van der Waals surface area contributed by atoms with Crippen molar-refractivity contribution in [3.8, 4) is 5.75 Å². The van der Waals surface area contributed by atoms with Crippen LogP contribution < -0.4 is 15.0 Å². The minimum Gasteiger partial charge on any atom is -0.494 e. The topological polar surface area (TPSA) is 101 Å². The largest absolute Gasteiger partial charge is 0.494 e. The van der Waals surface area contributed by atoms with E-state index in [1.807, 2.05) is 25.1 Å². The van der Waals surface area contributed by atoms with Crippen LogP contribution in [-0.4, -0.2) is 66.6 Å². The van der Waals surface area contributed by atoms with Crippen LogP contribution in [0.15, 0.2) is 42.5 Å². The maximum Gasteiger partial charge on any atom is 0.270 e. The molecule has 1 fully saturated rings. The second kappa shape index (κ2) is 11.3. The van der Waals surface area contributed by atoms with Gasteiger partial charge in [-0.25, -0.2) is 4.98 Å². The van der Waals surface area contributed by atoms with E-state index in [9.17, 15) is 14.9 Å². The Balaban J connectivity index is 0.00000306. The SMILES string of the molecule is CCOc1ccc2nc(N3CCN(CCNC(=O)c4cccc([N+](=O)[O-])c4)CC3)sc2c1.Cl. The lowest BCUT2D eigenvalue weighted by Gasteiger charge is -2.34. The molecule has 0 atom stereocenters. The molecule has 1 N–H and O–H groups in total. The summed E-state index contributed by atoms with van der Waals surface area (Å²) in [6.07, 6.45) is 0. The molecule has 4 rings (SSSR count). The summed E-state index contributed by atoms with van der Waals surface area (Å²) in [5.41, 5.74) is 1.20. The van der Waals surface area contributed by atoms with Gasteiger partial charge in [-0.2, -0.15) is 0 Å². The van der Waals surface area contributed by atoms with Crippen LogP contribution in [0, 0.1) is 10.1 Å². The zero-order valence-electron chi connectivity index (χ0n) is 18.2. The fourth-order valence-electron chi connectivity index (χ4n) is 3.64. The zero-order chi connectivity index (χ0) is 22.5. The van der Waals surface area contributed by atoms with Gasteiger partial charge in [0.25, 0.3) is 11.6 Å². The summed E-state index contributed by atoms with van der Waals surface area (Å²) >= 11 is 1.68. The van der Waals surface area contributed by atoms with Crippen LogP contribution in [0.1, 0.15) is 17.3 Å². The predicted molar refractivity (Wildman–Crippen MR) is 132 cm³/mol. The molecule has 2 aromatic carbocycles. The third-order valence-corrected chi connectivity index (χ3v) is 6.41. The van der Waals surface area contributed by atoms with Crippen molar-refractivity contribution in [2.24, 2.45) is 0 Å². The molecule has 0 unspecified atom stereocenters. The van der Waals surface area contributed by atoms with E-state index in [4.69, 9.17) is 9.72 Å². The van der Waals surface area contributed by atoms with E-state index < -0.39 is 4.92 Å². The number of non-ortho nitro benzene ring substituents is 1. The van der Waals surface area contributed by atoms with Gasteiger partial charge in [0.2, 0.25) is 0 Å². The maximum atomic E-state index is 12.3. The number of nitrogens with zero attached hydrogens (tertiary/aromatic N) is 4. The van der Waals surface area contributed by atoms with E-state index in [0.29, 0.717) is 18.7 Å². The Labute approximate surface area is 201 Å². The summed E-state index contributed by atoms with van der Waals surface area (Å²) in [5, 5.41) is 14.7. The molecule has 33 heavy (non-hydrogen) atoms. The Morgan fingerprint density at radius 3 is 2.73 bits per heavy atom. The van der Waals surface area contributed by atoms with Crippen molar-refractivity contribution in [2.45, 2.75) is 6.92 Å². The van der Waals surface area contributed by atoms with Crippen molar-refractivity contribution in [1.29, 1.82) is 0 Å². The number of carbonyl (C=O) groups is 1. The van der Waals surface area contributed by atoms with Gasteiger partial charge in [0.1, 0.15) is 5.75 Å². The van der Waals surface area contributed by atoms with E-state index in [0.717, 1.165) is 53.8 Å². The summed E-state index contributed by atoms with van der Waals surface area (Å²) in [7, 11) is 0. The van der Waals surface area contributed by atoms with Gasteiger partial charge in [0.15, 0.2) is 5.13 Å². The van der Waals surface area contributed by atoms with Gasteiger partial charge in [0, 0.05) is 57.0 Å². The third-order valence-electron chi connectivity index (χ3n) is 5.34. The van der Waals surface area contributed by atoms with Crippen LogP contribution in [0.25, 0.3) is 10.2 Å². The minimum absolute atomic E-state index is 0. The lowest BCUT2D eigenvalue weighted by atomic mass is 10.2. The first kappa shape index (κ1) is 24.7. The fourth-order valence-corrected chi connectivity index (χ4v) is 4.68. The molecule has 1 aromatic heterocycles. The van der Waals surface area contributed by atoms with Gasteiger partial charge in [-0.05, 0) is 31.2 Å². The number of rotatable bonds is 8. The summed E-state index contributed by atoms with van der Waals surface area (Å²) < 4.78 is 6.70. The summed E-state index contributed by atoms with van der Waals surface area (Å²) in [6, 6.07) is 11.8. The van der Waals surface area contributed by atoms with Crippen molar-refractivity contribution >= 4 is 50.7 Å². The van der Waals surface area contributed by atoms with Gasteiger partial charge < -0.3 is 15.0 Å². The normalized spacial score (nSPS) is 14.0. The van der Waals surface area contributed by atoms with E-state index in [-0.39, 0.29) is 24.0 Å². The Morgan fingerprint density at radius 2 is 2.00 bits per heavy atom. The molecule has 176 valence electrons. The first-order valence-electron chi connectivity index (χ1n) is 10.6. The number of nitro groups is 1. The molecule has 0 aliphatic carbocycles. The predicted octanol–water partition coefficient (Wildman–Crippen LogP) is 3.58. The summed E-state index contributed by atoms with van der Waals surface area (Å²) in [4.78, 5) is 32.0. The van der Waals surface area contributed by atoms with E-state index >= 15 is 0 Å². The Hall–Kier alpha value is -2.95. The van der Waals surface area contributed by atoms with Gasteiger partial charge >= 0.3 is 0 Å². The number of thiazole rings is 1. The van der Waals surface area contributed by atoms with Crippen molar-refractivity contribution < 1.29 is 14.5 Å². The van der Waals surface area contributed by atoms with E-state index in [2.05, 4.69) is 15.1 Å². The number of halogens is 1. The average molecular weight is 492 g/mol. The second-order valence-corrected chi connectivity index (χ2v) is 8.46. The molecular weight excluding hydrogens is 466 g/mol. The van der Waals surface area contributed by atoms with E-state index in [1.165, 1.54) is 18.2 Å². The summed E-state index contributed by atoms with van der Waals surface area (Å²) in [6.45, 7) is 7.34. The monoisotopic (exact) mass is 491 g/mol. The quantitative estimate of drug-likeness (QED) is 0.379. The molecule has 11 heteroatoms. The van der Waals surface area contributed by atoms with Crippen LogP contribution >= 0.6 is 23.7 Å². The lowest BCUT2D eigenvalue weighted by Crippen LogP contribution is -2.48. The van der Waals surface area contributed by atoms with Gasteiger partial charge in [-0.3, -0.25) is 19.8 Å². The molecule has 1 saturated heterocycles.